The summed E-state index contributed by atoms with van der Waals surface area (Å²) < 4.78 is 0. The quantitative estimate of drug-likeness (QED) is 0.489. The Morgan fingerprint density at radius 3 is 2.04 bits per heavy atom. The third-order valence-electron chi connectivity index (χ3n) is 3.31. The normalized spacial score (nSPS) is 10.3. The lowest BCUT2D eigenvalue weighted by Crippen LogP contribution is -2.38. The van der Waals surface area contributed by atoms with E-state index in [0.29, 0.717) is 10.8 Å². The summed E-state index contributed by atoms with van der Waals surface area (Å²) in [7, 11) is 6.00. The predicted molar refractivity (Wildman–Crippen MR) is 101 cm³/mol. The van der Waals surface area contributed by atoms with Crippen LogP contribution in [0.5, 0.6) is 0 Å². The lowest BCUT2D eigenvalue weighted by molar-refractivity contribution is 0.355. The van der Waals surface area contributed by atoms with Crippen LogP contribution in [-0.4, -0.2) is 64.8 Å². The van der Waals surface area contributed by atoms with Crippen molar-refractivity contribution in [1.29, 1.82) is 0 Å². The second kappa shape index (κ2) is 9.05. The average molecular weight is 342 g/mol. The van der Waals surface area contributed by atoms with E-state index in [1.807, 2.05) is 62.4 Å². The van der Waals surface area contributed by atoms with Crippen LogP contribution >= 0.6 is 12.2 Å². The highest BCUT2D eigenvalue weighted by atomic mass is 32.1. The van der Waals surface area contributed by atoms with E-state index in [2.05, 4.69) is 25.4 Å². The zero-order valence-corrected chi connectivity index (χ0v) is 15.0. The number of thiocarbonyl (C=S) groups is 1. The topological polar surface area (TPSA) is 56.6 Å². The molecular formula is C17H22N6S. The van der Waals surface area contributed by atoms with Gasteiger partial charge < -0.3 is 9.80 Å². The Bertz CT molecular complexity index is 630. The molecule has 0 aliphatic heterocycles. The first-order valence-electron chi connectivity index (χ1n) is 7.64. The van der Waals surface area contributed by atoms with Crippen molar-refractivity contribution < 1.29 is 0 Å². The first-order valence-corrected chi connectivity index (χ1v) is 8.05. The summed E-state index contributed by atoms with van der Waals surface area (Å²) in [6.07, 6.45) is 3.46. The average Bonchev–Trinajstić information content (AvgIpc) is 2.61. The number of hydrogen-bond acceptors (Lipinski definition) is 5. The van der Waals surface area contributed by atoms with Crippen LogP contribution in [0, 0.1) is 0 Å². The third-order valence-corrected chi connectivity index (χ3v) is 3.71. The van der Waals surface area contributed by atoms with Crippen molar-refractivity contribution in [1.82, 2.24) is 25.2 Å². The number of nitrogens with one attached hydrogen (secondary N) is 1. The molecule has 1 N–H and O–H groups in total. The minimum atomic E-state index is 0.557. The Balaban J connectivity index is 2.16. The number of hydrazone groups is 1. The highest BCUT2D eigenvalue weighted by Crippen LogP contribution is 2.05. The van der Waals surface area contributed by atoms with Crippen LogP contribution in [0.25, 0.3) is 0 Å². The molecule has 0 saturated carbocycles. The molecule has 0 aromatic carbocycles. The summed E-state index contributed by atoms with van der Waals surface area (Å²) in [5.74, 6) is 0. The van der Waals surface area contributed by atoms with Crippen molar-refractivity contribution in [2.24, 2.45) is 5.10 Å². The Morgan fingerprint density at radius 2 is 1.58 bits per heavy atom. The highest BCUT2D eigenvalue weighted by molar-refractivity contribution is 7.80. The molecule has 2 heterocycles. The van der Waals surface area contributed by atoms with Crippen LogP contribution < -0.4 is 5.43 Å². The standard InChI is InChI=1S/C17H22N6S/c1-22(2)12-13-23(3)17(24)21-20-16(14-8-4-6-10-18-14)15-9-5-7-11-19-15/h4-11H,12-13H2,1-3H3,(H,21,24). The van der Waals surface area contributed by atoms with E-state index in [0.717, 1.165) is 24.5 Å². The number of pyridine rings is 2. The lowest BCUT2D eigenvalue weighted by Gasteiger charge is -2.21. The van der Waals surface area contributed by atoms with Gasteiger partial charge in [0.25, 0.3) is 0 Å². The van der Waals surface area contributed by atoms with Crippen LogP contribution in [0.15, 0.2) is 53.9 Å². The number of likely N-dealkylation sites (N-methyl/N-ethyl adjacent to an activating group) is 2. The first kappa shape index (κ1) is 18.0. The van der Waals surface area contributed by atoms with E-state index >= 15 is 0 Å². The molecule has 0 radical (unpaired) electrons. The van der Waals surface area contributed by atoms with Crippen molar-refractivity contribution in [3.63, 3.8) is 0 Å². The molecule has 2 aromatic rings. The molecule has 0 atom stereocenters. The van der Waals surface area contributed by atoms with E-state index < -0.39 is 0 Å². The third kappa shape index (κ3) is 5.36. The molecule has 24 heavy (non-hydrogen) atoms. The van der Waals surface area contributed by atoms with Crippen LogP contribution in [0.4, 0.5) is 0 Å². The van der Waals surface area contributed by atoms with E-state index in [-0.39, 0.29) is 0 Å². The number of rotatable bonds is 6. The zero-order chi connectivity index (χ0) is 17.4. The van der Waals surface area contributed by atoms with Gasteiger partial charge in [-0.25, -0.2) is 0 Å². The van der Waals surface area contributed by atoms with Gasteiger partial charge >= 0.3 is 0 Å². The molecule has 0 amide bonds. The highest BCUT2D eigenvalue weighted by Gasteiger charge is 2.11. The second-order valence-electron chi connectivity index (χ2n) is 5.53. The SMILES string of the molecule is CN(C)CCN(C)C(=S)NN=C(c1ccccn1)c1ccccn1. The fourth-order valence-corrected chi connectivity index (χ4v) is 2.03. The van der Waals surface area contributed by atoms with E-state index in [1.165, 1.54) is 0 Å². The Kier molecular flexibility index (Phi) is 6.77. The maximum Gasteiger partial charge on any atom is 0.189 e. The van der Waals surface area contributed by atoms with Crippen LogP contribution in [-0.2, 0) is 0 Å². The van der Waals surface area contributed by atoms with Crippen molar-refractivity contribution in [2.75, 3.05) is 34.2 Å². The van der Waals surface area contributed by atoms with Gasteiger partial charge in [0.1, 0.15) is 5.71 Å². The number of aromatic nitrogens is 2. The summed E-state index contributed by atoms with van der Waals surface area (Å²) >= 11 is 5.40. The Hall–Kier alpha value is -2.38. The van der Waals surface area contributed by atoms with Gasteiger partial charge in [-0.3, -0.25) is 15.4 Å². The molecule has 0 unspecified atom stereocenters. The Morgan fingerprint density at radius 1 is 1.00 bits per heavy atom. The summed E-state index contributed by atoms with van der Waals surface area (Å²) in [4.78, 5) is 12.8. The number of hydrogen-bond donors (Lipinski definition) is 1. The molecule has 2 aromatic heterocycles. The van der Waals surface area contributed by atoms with Gasteiger partial charge in [-0.15, -0.1) is 0 Å². The van der Waals surface area contributed by atoms with Gasteiger partial charge in [0.2, 0.25) is 0 Å². The first-order chi connectivity index (χ1) is 11.6. The Labute approximate surface area is 148 Å². The molecule has 0 fully saturated rings. The van der Waals surface area contributed by atoms with Gasteiger partial charge in [0.05, 0.1) is 11.4 Å². The molecule has 0 aliphatic rings. The molecule has 0 spiro atoms. The lowest BCUT2D eigenvalue weighted by atomic mass is 10.1. The fraction of sp³-hybridized carbons (Fsp3) is 0.294. The van der Waals surface area contributed by atoms with E-state index in [9.17, 15) is 0 Å². The van der Waals surface area contributed by atoms with Crippen molar-refractivity contribution in [3.8, 4) is 0 Å². The van der Waals surface area contributed by atoms with Crippen molar-refractivity contribution >= 4 is 23.0 Å². The van der Waals surface area contributed by atoms with E-state index in [1.54, 1.807) is 12.4 Å². The molecular weight excluding hydrogens is 320 g/mol. The fourth-order valence-electron chi connectivity index (χ4n) is 1.89. The largest absolute Gasteiger partial charge is 0.350 e. The summed E-state index contributed by atoms with van der Waals surface area (Å²) in [6.45, 7) is 1.73. The molecule has 0 bridgehead atoms. The van der Waals surface area contributed by atoms with Crippen LogP contribution in [0.1, 0.15) is 11.4 Å². The van der Waals surface area contributed by atoms with Gasteiger partial charge in [-0.2, -0.15) is 5.10 Å². The minimum absolute atomic E-state index is 0.557. The second-order valence-corrected chi connectivity index (χ2v) is 5.92. The van der Waals surface area contributed by atoms with Gasteiger partial charge in [-0.1, -0.05) is 12.1 Å². The van der Waals surface area contributed by atoms with E-state index in [4.69, 9.17) is 12.2 Å². The predicted octanol–water partition coefficient (Wildman–Crippen LogP) is 1.60. The molecule has 7 heteroatoms. The van der Waals surface area contributed by atoms with Crippen LogP contribution in [0.2, 0.25) is 0 Å². The summed E-state index contributed by atoms with van der Waals surface area (Å²) in [5.41, 5.74) is 5.08. The molecule has 126 valence electrons. The molecule has 0 saturated heterocycles. The summed E-state index contributed by atoms with van der Waals surface area (Å²) in [5, 5.41) is 5.01. The van der Waals surface area contributed by atoms with Crippen molar-refractivity contribution in [2.45, 2.75) is 0 Å². The van der Waals surface area contributed by atoms with Crippen molar-refractivity contribution in [3.05, 3.63) is 60.2 Å². The molecule has 2 rings (SSSR count). The zero-order valence-electron chi connectivity index (χ0n) is 14.2. The van der Waals surface area contributed by atoms with Gasteiger partial charge in [0.15, 0.2) is 5.11 Å². The molecule has 6 nitrogen and oxygen atoms in total. The maximum absolute atomic E-state index is 5.40. The smallest absolute Gasteiger partial charge is 0.189 e. The monoisotopic (exact) mass is 342 g/mol. The number of nitrogens with zero attached hydrogens (tertiary/aromatic N) is 5. The molecule has 0 aliphatic carbocycles. The minimum Gasteiger partial charge on any atom is -0.350 e. The van der Waals surface area contributed by atoms with Gasteiger partial charge in [0, 0.05) is 32.5 Å². The summed E-state index contributed by atoms with van der Waals surface area (Å²) in [6, 6.07) is 11.4. The maximum atomic E-state index is 5.40. The van der Waals surface area contributed by atoms with Gasteiger partial charge in [-0.05, 0) is 50.6 Å². The van der Waals surface area contributed by atoms with Crippen LogP contribution in [0.3, 0.4) is 0 Å².